The van der Waals surface area contributed by atoms with E-state index < -0.39 is 0 Å². The first-order valence-corrected chi connectivity index (χ1v) is 7.66. The Morgan fingerprint density at radius 2 is 2.14 bits per heavy atom. The van der Waals surface area contributed by atoms with Crippen molar-refractivity contribution in [3.63, 3.8) is 0 Å². The fourth-order valence-electron chi connectivity index (χ4n) is 2.31. The van der Waals surface area contributed by atoms with E-state index in [1.807, 2.05) is 25.2 Å². The van der Waals surface area contributed by atoms with Gasteiger partial charge in [0.2, 0.25) is 0 Å². The zero-order valence-electron chi connectivity index (χ0n) is 12.0. The lowest BCUT2D eigenvalue weighted by molar-refractivity contribution is 0.251. The third-order valence-corrected chi connectivity index (χ3v) is 4.21. The largest absolute Gasteiger partial charge is 0.329 e. The Hall–Kier alpha value is -1.30. The number of rotatable bonds is 6. The lowest BCUT2D eigenvalue weighted by Gasteiger charge is -2.28. The van der Waals surface area contributed by atoms with Crippen LogP contribution in [0, 0.1) is 5.82 Å². The van der Waals surface area contributed by atoms with E-state index in [1.165, 1.54) is 12.1 Å². The number of aromatic nitrogens is 1. The molecule has 2 rings (SSSR count). The van der Waals surface area contributed by atoms with Crippen LogP contribution in [-0.2, 0) is 6.42 Å². The van der Waals surface area contributed by atoms with Crippen molar-refractivity contribution in [1.82, 2.24) is 9.88 Å². The number of likely N-dealkylation sites (N-methyl/N-ethyl adjacent to an activating group) is 1. The van der Waals surface area contributed by atoms with E-state index in [2.05, 4.69) is 25.8 Å². The minimum atomic E-state index is -0.252. The number of pyridine rings is 1. The number of benzene rings is 1. The lowest BCUT2D eigenvalue weighted by Crippen LogP contribution is -2.32. The number of nitrogens with two attached hydrogens (primary N) is 1. The van der Waals surface area contributed by atoms with Crippen LogP contribution >= 0.6 is 15.9 Å². The Bertz CT molecular complexity index is 577. The van der Waals surface area contributed by atoms with E-state index in [9.17, 15) is 4.39 Å². The molecule has 1 aromatic heterocycles. The van der Waals surface area contributed by atoms with Crippen LogP contribution in [0.3, 0.4) is 0 Å². The highest BCUT2D eigenvalue weighted by atomic mass is 79.9. The fourth-order valence-corrected chi connectivity index (χ4v) is 2.92. The molecule has 0 spiro atoms. The molecule has 0 aliphatic carbocycles. The SMILES string of the molecule is CN(CCc1ccccn1)C(CN)c1ccc(F)cc1Br. The predicted molar refractivity (Wildman–Crippen MR) is 86.5 cm³/mol. The molecular weight excluding hydrogens is 333 g/mol. The summed E-state index contributed by atoms with van der Waals surface area (Å²) in [5, 5.41) is 0. The van der Waals surface area contributed by atoms with Gasteiger partial charge in [0, 0.05) is 41.9 Å². The highest BCUT2D eigenvalue weighted by Gasteiger charge is 2.18. The average molecular weight is 352 g/mol. The molecule has 0 amide bonds. The number of halogens is 2. The van der Waals surface area contributed by atoms with Crippen molar-refractivity contribution in [2.75, 3.05) is 20.1 Å². The number of nitrogens with zero attached hydrogens (tertiary/aromatic N) is 2. The van der Waals surface area contributed by atoms with Crippen LogP contribution in [-0.4, -0.2) is 30.0 Å². The van der Waals surface area contributed by atoms with Crippen molar-refractivity contribution >= 4 is 15.9 Å². The average Bonchev–Trinajstić information content (AvgIpc) is 2.49. The smallest absolute Gasteiger partial charge is 0.124 e. The molecular formula is C16H19BrFN3. The van der Waals surface area contributed by atoms with Gasteiger partial charge < -0.3 is 5.73 Å². The van der Waals surface area contributed by atoms with Crippen LogP contribution < -0.4 is 5.73 Å². The van der Waals surface area contributed by atoms with E-state index in [4.69, 9.17) is 5.73 Å². The highest BCUT2D eigenvalue weighted by molar-refractivity contribution is 9.10. The van der Waals surface area contributed by atoms with Gasteiger partial charge in [0.15, 0.2) is 0 Å². The highest BCUT2D eigenvalue weighted by Crippen LogP contribution is 2.27. The van der Waals surface area contributed by atoms with Gasteiger partial charge in [-0.2, -0.15) is 0 Å². The summed E-state index contributed by atoms with van der Waals surface area (Å²) in [6.07, 6.45) is 2.65. The van der Waals surface area contributed by atoms with Crippen molar-refractivity contribution in [3.8, 4) is 0 Å². The van der Waals surface area contributed by atoms with Gasteiger partial charge in [-0.05, 0) is 36.9 Å². The molecule has 0 saturated heterocycles. The van der Waals surface area contributed by atoms with Crippen LogP contribution in [0.25, 0.3) is 0 Å². The molecule has 0 aliphatic heterocycles. The second kappa shape index (κ2) is 7.64. The Morgan fingerprint density at radius 1 is 1.33 bits per heavy atom. The molecule has 112 valence electrons. The Morgan fingerprint density at radius 3 is 2.76 bits per heavy atom. The van der Waals surface area contributed by atoms with E-state index >= 15 is 0 Å². The third kappa shape index (κ3) is 4.33. The Balaban J connectivity index is 2.06. The summed E-state index contributed by atoms with van der Waals surface area (Å²) >= 11 is 3.42. The molecule has 21 heavy (non-hydrogen) atoms. The summed E-state index contributed by atoms with van der Waals surface area (Å²) in [4.78, 5) is 6.49. The second-order valence-corrected chi connectivity index (χ2v) is 5.82. The molecule has 0 saturated carbocycles. The second-order valence-electron chi connectivity index (χ2n) is 4.97. The van der Waals surface area contributed by atoms with Gasteiger partial charge in [-0.1, -0.05) is 28.1 Å². The normalized spacial score (nSPS) is 12.6. The summed E-state index contributed by atoms with van der Waals surface area (Å²) < 4.78 is 14.0. The van der Waals surface area contributed by atoms with Gasteiger partial charge in [0.05, 0.1) is 0 Å². The molecule has 2 aromatic rings. The molecule has 1 aromatic carbocycles. The number of hydrogen-bond acceptors (Lipinski definition) is 3. The quantitative estimate of drug-likeness (QED) is 0.869. The molecule has 5 heteroatoms. The number of hydrogen-bond donors (Lipinski definition) is 1. The van der Waals surface area contributed by atoms with Gasteiger partial charge in [-0.3, -0.25) is 9.88 Å². The summed E-state index contributed by atoms with van der Waals surface area (Å²) in [7, 11) is 2.02. The summed E-state index contributed by atoms with van der Waals surface area (Å²) in [6, 6.07) is 10.7. The van der Waals surface area contributed by atoms with Crippen LogP contribution in [0.5, 0.6) is 0 Å². The molecule has 1 atom stereocenters. The van der Waals surface area contributed by atoms with E-state index in [0.717, 1.165) is 28.7 Å². The standard InChI is InChI=1S/C16H19BrFN3/c1-21(9-7-13-4-2-3-8-20-13)16(11-19)14-6-5-12(18)10-15(14)17/h2-6,8,10,16H,7,9,11,19H2,1H3. The monoisotopic (exact) mass is 351 g/mol. The maximum absolute atomic E-state index is 13.2. The molecule has 0 fully saturated rings. The van der Waals surface area contributed by atoms with Gasteiger partial charge >= 0.3 is 0 Å². The third-order valence-electron chi connectivity index (χ3n) is 3.52. The van der Waals surface area contributed by atoms with Crippen LogP contribution in [0.4, 0.5) is 4.39 Å². The molecule has 0 radical (unpaired) electrons. The maximum atomic E-state index is 13.2. The minimum Gasteiger partial charge on any atom is -0.329 e. The molecule has 0 bridgehead atoms. The first kappa shape index (κ1) is 16.1. The van der Waals surface area contributed by atoms with Gasteiger partial charge in [-0.15, -0.1) is 0 Å². The molecule has 0 aliphatic rings. The lowest BCUT2D eigenvalue weighted by atomic mass is 10.1. The zero-order valence-corrected chi connectivity index (χ0v) is 13.6. The van der Waals surface area contributed by atoms with Crippen LogP contribution in [0.2, 0.25) is 0 Å². The van der Waals surface area contributed by atoms with E-state index in [-0.39, 0.29) is 11.9 Å². The summed E-state index contributed by atoms with van der Waals surface area (Å²) in [5.41, 5.74) is 7.97. The van der Waals surface area contributed by atoms with Crippen molar-refractivity contribution < 1.29 is 4.39 Å². The Labute approximate surface area is 133 Å². The van der Waals surface area contributed by atoms with Gasteiger partial charge in [0.1, 0.15) is 5.82 Å². The molecule has 3 nitrogen and oxygen atoms in total. The van der Waals surface area contributed by atoms with E-state index in [1.54, 1.807) is 12.3 Å². The van der Waals surface area contributed by atoms with E-state index in [0.29, 0.717) is 6.54 Å². The first-order valence-electron chi connectivity index (χ1n) is 6.87. The van der Waals surface area contributed by atoms with Crippen molar-refractivity contribution in [3.05, 3.63) is 64.1 Å². The summed E-state index contributed by atoms with van der Waals surface area (Å²) in [5.74, 6) is -0.252. The minimum absolute atomic E-state index is 0.0451. The fraction of sp³-hybridized carbons (Fsp3) is 0.312. The van der Waals surface area contributed by atoms with Gasteiger partial charge in [-0.25, -0.2) is 4.39 Å². The first-order chi connectivity index (χ1) is 10.1. The topological polar surface area (TPSA) is 42.2 Å². The molecule has 2 N–H and O–H groups in total. The zero-order chi connectivity index (χ0) is 15.2. The maximum Gasteiger partial charge on any atom is 0.124 e. The molecule has 1 heterocycles. The summed E-state index contributed by atoms with van der Waals surface area (Å²) in [6.45, 7) is 1.31. The van der Waals surface area contributed by atoms with Crippen molar-refractivity contribution in [1.29, 1.82) is 0 Å². The van der Waals surface area contributed by atoms with Crippen molar-refractivity contribution in [2.45, 2.75) is 12.5 Å². The van der Waals surface area contributed by atoms with Crippen molar-refractivity contribution in [2.24, 2.45) is 5.73 Å². The van der Waals surface area contributed by atoms with Crippen LogP contribution in [0.15, 0.2) is 47.1 Å². The molecule has 1 unspecified atom stereocenters. The van der Waals surface area contributed by atoms with Crippen LogP contribution in [0.1, 0.15) is 17.3 Å². The Kier molecular flexibility index (Phi) is 5.85. The predicted octanol–water partition coefficient (Wildman–Crippen LogP) is 3.16. The van der Waals surface area contributed by atoms with Gasteiger partial charge in [0.25, 0.3) is 0 Å².